The molecule has 3 aromatic carbocycles. The zero-order valence-corrected chi connectivity index (χ0v) is 20.1. The number of hydrogen-bond acceptors (Lipinski definition) is 5. The van der Waals surface area contributed by atoms with Crippen LogP contribution in [-0.2, 0) is 0 Å². The van der Waals surface area contributed by atoms with Crippen molar-refractivity contribution in [2.45, 2.75) is 13.0 Å². The van der Waals surface area contributed by atoms with E-state index in [1.54, 1.807) is 23.6 Å². The zero-order valence-electron chi connectivity index (χ0n) is 19.4. The third-order valence-electron chi connectivity index (χ3n) is 5.92. The lowest BCUT2D eigenvalue weighted by atomic mass is 10.1. The van der Waals surface area contributed by atoms with Crippen molar-refractivity contribution in [3.63, 3.8) is 0 Å². The second kappa shape index (κ2) is 9.64. The number of halogens is 1. The van der Waals surface area contributed by atoms with Gasteiger partial charge in [0.15, 0.2) is 11.5 Å². The second-order valence-electron chi connectivity index (χ2n) is 8.30. The predicted octanol–water partition coefficient (Wildman–Crippen LogP) is 5.17. The number of carbonyl (C=O) groups is 1. The Hall–Kier alpha value is -4.49. The molecular formula is C28H22ClN5O2. The van der Waals surface area contributed by atoms with Gasteiger partial charge in [-0.2, -0.15) is 0 Å². The summed E-state index contributed by atoms with van der Waals surface area (Å²) in [4.78, 5) is 35.5. The highest BCUT2D eigenvalue weighted by molar-refractivity contribution is 6.35. The van der Waals surface area contributed by atoms with Crippen molar-refractivity contribution in [1.82, 2.24) is 19.9 Å². The van der Waals surface area contributed by atoms with Crippen LogP contribution < -0.4 is 16.6 Å². The molecule has 0 spiro atoms. The first kappa shape index (κ1) is 23.3. The van der Waals surface area contributed by atoms with Crippen LogP contribution in [0.4, 0.5) is 5.82 Å². The number of amides is 1. The van der Waals surface area contributed by atoms with Gasteiger partial charge < -0.3 is 11.1 Å². The molecule has 8 heteroatoms. The van der Waals surface area contributed by atoms with Gasteiger partial charge in [0.1, 0.15) is 0 Å². The Balaban J connectivity index is 1.57. The first-order valence-electron chi connectivity index (χ1n) is 11.3. The molecule has 5 rings (SSSR count). The Bertz CT molecular complexity index is 1640. The number of rotatable bonds is 5. The average Bonchev–Trinajstić information content (AvgIpc) is 2.89. The molecule has 5 aromatic rings. The number of benzene rings is 3. The van der Waals surface area contributed by atoms with Crippen LogP contribution in [-0.4, -0.2) is 20.4 Å². The van der Waals surface area contributed by atoms with E-state index < -0.39 is 11.9 Å². The van der Waals surface area contributed by atoms with E-state index in [0.717, 1.165) is 5.56 Å². The highest BCUT2D eigenvalue weighted by Crippen LogP contribution is 2.26. The number of pyridine rings is 1. The van der Waals surface area contributed by atoms with Crippen molar-refractivity contribution in [2.24, 2.45) is 0 Å². The number of fused-ring (bicyclic) bond motifs is 1. The lowest BCUT2D eigenvalue weighted by Gasteiger charge is -2.21. The summed E-state index contributed by atoms with van der Waals surface area (Å²) in [7, 11) is 0. The summed E-state index contributed by atoms with van der Waals surface area (Å²) in [6, 6.07) is 25.2. The summed E-state index contributed by atoms with van der Waals surface area (Å²) < 4.78 is 1.56. The number of para-hydroxylation sites is 1. The van der Waals surface area contributed by atoms with Gasteiger partial charge in [-0.25, -0.2) is 9.97 Å². The van der Waals surface area contributed by atoms with Gasteiger partial charge in [0.2, 0.25) is 0 Å². The van der Waals surface area contributed by atoms with Gasteiger partial charge >= 0.3 is 0 Å². The molecule has 1 atom stereocenters. The van der Waals surface area contributed by atoms with Crippen LogP contribution in [0.5, 0.6) is 0 Å². The fourth-order valence-electron chi connectivity index (χ4n) is 4.15. The minimum absolute atomic E-state index is 0.0145. The van der Waals surface area contributed by atoms with E-state index in [4.69, 9.17) is 17.3 Å². The molecule has 0 saturated carbocycles. The number of aromatic nitrogens is 3. The molecule has 0 unspecified atom stereocenters. The summed E-state index contributed by atoms with van der Waals surface area (Å²) in [5.41, 5.74) is 8.35. The monoisotopic (exact) mass is 495 g/mol. The van der Waals surface area contributed by atoms with Gasteiger partial charge in [-0.1, -0.05) is 72.3 Å². The number of nitrogen functional groups attached to an aromatic ring is 1. The SMILES string of the molecule is C[C@H](NC(=O)c1nc(-c2ccccc2)cnc1N)c1cc2cccc(Cl)c2c(=O)n1-c1ccccc1. The van der Waals surface area contributed by atoms with Crippen molar-refractivity contribution < 1.29 is 4.79 Å². The number of nitrogens with zero attached hydrogens (tertiary/aromatic N) is 3. The minimum atomic E-state index is -0.574. The first-order chi connectivity index (χ1) is 17.4. The van der Waals surface area contributed by atoms with Gasteiger partial charge in [-0.05, 0) is 36.6 Å². The van der Waals surface area contributed by atoms with Crippen LogP contribution in [0.3, 0.4) is 0 Å². The fraction of sp³-hybridized carbons (Fsp3) is 0.0714. The van der Waals surface area contributed by atoms with E-state index in [0.29, 0.717) is 32.9 Å². The maximum atomic E-state index is 13.6. The van der Waals surface area contributed by atoms with Crippen molar-refractivity contribution in [2.75, 3.05) is 5.73 Å². The molecule has 0 aliphatic carbocycles. The Morgan fingerprint density at radius 2 is 1.69 bits per heavy atom. The summed E-state index contributed by atoms with van der Waals surface area (Å²) in [6.07, 6.45) is 1.53. The lowest BCUT2D eigenvalue weighted by molar-refractivity contribution is 0.0934. The molecule has 178 valence electrons. The van der Waals surface area contributed by atoms with Crippen molar-refractivity contribution in [3.8, 4) is 16.9 Å². The van der Waals surface area contributed by atoms with E-state index in [-0.39, 0.29) is 17.1 Å². The molecule has 7 nitrogen and oxygen atoms in total. The molecule has 0 radical (unpaired) electrons. The highest BCUT2D eigenvalue weighted by Gasteiger charge is 2.22. The topological polar surface area (TPSA) is 103 Å². The second-order valence-corrected chi connectivity index (χ2v) is 8.71. The molecule has 1 amide bonds. The van der Waals surface area contributed by atoms with E-state index >= 15 is 0 Å². The third-order valence-corrected chi connectivity index (χ3v) is 6.23. The predicted molar refractivity (Wildman–Crippen MR) is 142 cm³/mol. The number of nitrogens with two attached hydrogens (primary N) is 1. The number of nitrogens with one attached hydrogen (secondary N) is 1. The molecular weight excluding hydrogens is 474 g/mol. The summed E-state index contributed by atoms with van der Waals surface area (Å²) in [5.74, 6) is -0.478. The van der Waals surface area contributed by atoms with Crippen molar-refractivity contribution >= 4 is 34.1 Å². The Kier molecular flexibility index (Phi) is 6.23. The highest BCUT2D eigenvalue weighted by atomic mass is 35.5. The summed E-state index contributed by atoms with van der Waals surface area (Å²) in [6.45, 7) is 1.80. The van der Waals surface area contributed by atoms with Gasteiger partial charge in [0.25, 0.3) is 11.5 Å². The summed E-state index contributed by atoms with van der Waals surface area (Å²) >= 11 is 6.39. The minimum Gasteiger partial charge on any atom is -0.382 e. The number of anilines is 1. The number of carbonyl (C=O) groups excluding carboxylic acids is 1. The lowest BCUT2D eigenvalue weighted by Crippen LogP contribution is -2.33. The molecule has 3 N–H and O–H groups in total. The van der Waals surface area contributed by atoms with E-state index in [1.807, 2.05) is 72.8 Å². The van der Waals surface area contributed by atoms with Gasteiger partial charge in [-0.15, -0.1) is 0 Å². The van der Waals surface area contributed by atoms with Gasteiger partial charge in [0, 0.05) is 16.9 Å². The molecule has 0 saturated heterocycles. The Morgan fingerprint density at radius 1 is 1.00 bits per heavy atom. The molecule has 0 fully saturated rings. The molecule has 36 heavy (non-hydrogen) atoms. The van der Waals surface area contributed by atoms with Gasteiger partial charge in [-0.3, -0.25) is 14.2 Å². The van der Waals surface area contributed by atoms with Crippen LogP contribution in [0.15, 0.2) is 95.9 Å². The van der Waals surface area contributed by atoms with E-state index in [1.165, 1.54) is 6.20 Å². The maximum absolute atomic E-state index is 13.6. The number of hydrogen-bond donors (Lipinski definition) is 2. The Morgan fingerprint density at radius 3 is 2.42 bits per heavy atom. The third kappa shape index (κ3) is 4.32. The smallest absolute Gasteiger partial charge is 0.274 e. The quantitative estimate of drug-likeness (QED) is 0.350. The zero-order chi connectivity index (χ0) is 25.2. The van der Waals surface area contributed by atoms with Crippen LogP contribution in [0.2, 0.25) is 5.02 Å². The molecule has 0 aliphatic heterocycles. The van der Waals surface area contributed by atoms with Crippen LogP contribution in [0.25, 0.3) is 27.7 Å². The van der Waals surface area contributed by atoms with E-state index in [9.17, 15) is 9.59 Å². The molecule has 0 bridgehead atoms. The van der Waals surface area contributed by atoms with Gasteiger partial charge in [0.05, 0.1) is 28.3 Å². The average molecular weight is 496 g/mol. The first-order valence-corrected chi connectivity index (χ1v) is 11.7. The standard InChI is InChI=1S/C28H22ClN5O2/c1-17(32-27(35)25-26(30)31-16-22(33-25)18-9-4-2-5-10-18)23-15-19-11-8-14-21(29)24(19)28(36)34(23)20-12-6-3-7-13-20/h2-17H,1H3,(H2,30,31)(H,32,35)/t17-/m0/s1. The molecule has 0 aliphatic rings. The maximum Gasteiger partial charge on any atom is 0.274 e. The van der Waals surface area contributed by atoms with Crippen LogP contribution in [0.1, 0.15) is 29.1 Å². The van der Waals surface area contributed by atoms with Crippen LogP contribution >= 0.6 is 11.6 Å². The largest absolute Gasteiger partial charge is 0.382 e. The fourth-order valence-corrected chi connectivity index (χ4v) is 4.42. The summed E-state index contributed by atoms with van der Waals surface area (Å²) in [5, 5.41) is 4.40. The van der Waals surface area contributed by atoms with Crippen molar-refractivity contribution in [3.05, 3.63) is 118 Å². The Labute approximate surface area is 212 Å². The van der Waals surface area contributed by atoms with E-state index in [2.05, 4.69) is 15.3 Å². The normalized spacial score (nSPS) is 11.8. The van der Waals surface area contributed by atoms with Crippen LogP contribution in [0, 0.1) is 0 Å². The molecule has 2 aromatic heterocycles. The van der Waals surface area contributed by atoms with Crippen molar-refractivity contribution in [1.29, 1.82) is 0 Å². The molecule has 2 heterocycles.